The van der Waals surface area contributed by atoms with Crippen molar-refractivity contribution >= 4 is 0 Å². The molecule has 2 rings (SSSR count). The molecule has 5 nitrogen and oxygen atoms in total. The number of hydrogen-bond acceptors (Lipinski definition) is 4. The Morgan fingerprint density at radius 2 is 2.05 bits per heavy atom. The van der Waals surface area contributed by atoms with Gasteiger partial charge in [0.1, 0.15) is 0 Å². The highest BCUT2D eigenvalue weighted by Crippen LogP contribution is 2.21. The van der Waals surface area contributed by atoms with Crippen LogP contribution in [0.4, 0.5) is 0 Å². The van der Waals surface area contributed by atoms with Gasteiger partial charge in [0, 0.05) is 25.0 Å². The van der Waals surface area contributed by atoms with Crippen molar-refractivity contribution in [2.24, 2.45) is 5.84 Å². The summed E-state index contributed by atoms with van der Waals surface area (Å²) in [6, 6.07) is 4.59. The molecule has 0 saturated heterocycles. The molecule has 2 aromatic heterocycles. The molecule has 114 valence electrons. The summed E-state index contributed by atoms with van der Waals surface area (Å²) < 4.78 is 2.07. The van der Waals surface area contributed by atoms with Crippen LogP contribution in [-0.4, -0.2) is 14.8 Å². The smallest absolute Gasteiger partial charge is 0.0644 e. The van der Waals surface area contributed by atoms with E-state index in [1.165, 1.54) is 5.56 Å². The maximum absolute atomic E-state index is 5.73. The predicted molar refractivity (Wildman–Crippen MR) is 84.6 cm³/mol. The third-order valence-electron chi connectivity index (χ3n) is 4.05. The molecule has 0 radical (unpaired) electrons. The van der Waals surface area contributed by atoms with Gasteiger partial charge in [-0.25, -0.2) is 0 Å². The van der Waals surface area contributed by atoms with Gasteiger partial charge in [0.05, 0.1) is 17.8 Å². The molecule has 2 heterocycles. The fraction of sp³-hybridized carbons (Fsp3) is 0.500. The van der Waals surface area contributed by atoms with Crippen LogP contribution in [0.2, 0.25) is 0 Å². The maximum Gasteiger partial charge on any atom is 0.0644 e. The Morgan fingerprint density at radius 1 is 1.29 bits per heavy atom. The minimum absolute atomic E-state index is 0.0313. The molecule has 0 spiro atoms. The van der Waals surface area contributed by atoms with Gasteiger partial charge in [-0.05, 0) is 43.0 Å². The number of hydrogen-bond donors (Lipinski definition) is 2. The fourth-order valence-electron chi connectivity index (χ4n) is 2.66. The second-order valence-corrected chi connectivity index (χ2v) is 5.41. The summed E-state index contributed by atoms with van der Waals surface area (Å²) in [5.74, 6) is 5.73. The Labute approximate surface area is 126 Å². The number of hydrazine groups is 1. The molecule has 2 aromatic rings. The van der Waals surface area contributed by atoms with Crippen molar-refractivity contribution in [2.45, 2.75) is 52.1 Å². The van der Waals surface area contributed by atoms with Crippen molar-refractivity contribution in [3.05, 3.63) is 47.5 Å². The van der Waals surface area contributed by atoms with E-state index in [0.29, 0.717) is 6.04 Å². The number of nitrogens with zero attached hydrogens (tertiary/aromatic N) is 3. The zero-order valence-corrected chi connectivity index (χ0v) is 13.1. The van der Waals surface area contributed by atoms with E-state index in [0.717, 1.165) is 30.5 Å². The Morgan fingerprint density at radius 3 is 2.67 bits per heavy atom. The average molecular weight is 287 g/mol. The second kappa shape index (κ2) is 7.33. The van der Waals surface area contributed by atoms with Crippen LogP contribution in [0.5, 0.6) is 0 Å². The third-order valence-corrected chi connectivity index (χ3v) is 4.05. The van der Waals surface area contributed by atoms with E-state index in [9.17, 15) is 0 Å². The Kier molecular flexibility index (Phi) is 5.47. The Bertz CT molecular complexity index is 559. The van der Waals surface area contributed by atoms with Crippen LogP contribution in [0.3, 0.4) is 0 Å². The van der Waals surface area contributed by atoms with Gasteiger partial charge < -0.3 is 0 Å². The summed E-state index contributed by atoms with van der Waals surface area (Å²) in [5, 5.41) is 4.70. The van der Waals surface area contributed by atoms with Gasteiger partial charge >= 0.3 is 0 Å². The quantitative estimate of drug-likeness (QED) is 0.607. The zero-order valence-electron chi connectivity index (χ0n) is 13.1. The predicted octanol–water partition coefficient (Wildman–Crippen LogP) is 2.69. The van der Waals surface area contributed by atoms with Gasteiger partial charge in [-0.15, -0.1) is 0 Å². The highest BCUT2D eigenvalue weighted by atomic mass is 15.3. The van der Waals surface area contributed by atoms with Gasteiger partial charge in [-0.1, -0.05) is 13.8 Å². The lowest BCUT2D eigenvalue weighted by Crippen LogP contribution is -2.30. The molecule has 0 aliphatic carbocycles. The lowest BCUT2D eigenvalue weighted by atomic mass is 10.0. The Hall–Kier alpha value is -1.72. The normalized spacial score (nSPS) is 12.8. The van der Waals surface area contributed by atoms with E-state index in [1.807, 2.05) is 12.3 Å². The SMILES string of the molecule is CCC(CC)n1ccc(CC(NN)c2cnccc2C)n1. The molecule has 0 saturated carbocycles. The van der Waals surface area contributed by atoms with Crippen LogP contribution in [0.15, 0.2) is 30.7 Å². The summed E-state index contributed by atoms with van der Waals surface area (Å²) in [7, 11) is 0. The third kappa shape index (κ3) is 3.68. The van der Waals surface area contributed by atoms with Crippen molar-refractivity contribution in [1.82, 2.24) is 20.2 Å². The molecule has 0 aliphatic heterocycles. The molecule has 0 fully saturated rings. The summed E-state index contributed by atoms with van der Waals surface area (Å²) in [5.41, 5.74) is 6.24. The summed E-state index contributed by atoms with van der Waals surface area (Å²) in [6.07, 6.45) is 8.69. The highest BCUT2D eigenvalue weighted by Gasteiger charge is 2.15. The molecule has 0 aliphatic rings. The van der Waals surface area contributed by atoms with Crippen molar-refractivity contribution in [3.8, 4) is 0 Å². The van der Waals surface area contributed by atoms with Crippen LogP contribution in [0, 0.1) is 6.92 Å². The van der Waals surface area contributed by atoms with E-state index < -0.39 is 0 Å². The molecule has 3 N–H and O–H groups in total. The van der Waals surface area contributed by atoms with Crippen LogP contribution in [0.25, 0.3) is 0 Å². The minimum Gasteiger partial charge on any atom is -0.271 e. The van der Waals surface area contributed by atoms with Crippen molar-refractivity contribution in [2.75, 3.05) is 0 Å². The van der Waals surface area contributed by atoms with E-state index in [1.54, 1.807) is 6.20 Å². The number of aromatic nitrogens is 3. The average Bonchev–Trinajstić information content (AvgIpc) is 2.95. The summed E-state index contributed by atoms with van der Waals surface area (Å²) >= 11 is 0. The lowest BCUT2D eigenvalue weighted by Gasteiger charge is -2.17. The van der Waals surface area contributed by atoms with Crippen LogP contribution >= 0.6 is 0 Å². The first kappa shape index (κ1) is 15.7. The topological polar surface area (TPSA) is 68.8 Å². The van der Waals surface area contributed by atoms with Crippen LogP contribution < -0.4 is 11.3 Å². The first-order valence-electron chi connectivity index (χ1n) is 7.60. The number of aryl methyl sites for hydroxylation is 1. The monoisotopic (exact) mass is 287 g/mol. The number of nitrogens with two attached hydrogens (primary N) is 1. The molecule has 1 atom stereocenters. The van der Waals surface area contributed by atoms with Gasteiger partial charge in [-0.3, -0.25) is 20.9 Å². The first-order valence-corrected chi connectivity index (χ1v) is 7.60. The molecule has 0 amide bonds. The van der Waals surface area contributed by atoms with Crippen LogP contribution in [0.1, 0.15) is 55.6 Å². The zero-order chi connectivity index (χ0) is 15.2. The molecule has 21 heavy (non-hydrogen) atoms. The van der Waals surface area contributed by atoms with Gasteiger partial charge in [0.2, 0.25) is 0 Å². The molecular weight excluding hydrogens is 262 g/mol. The van der Waals surface area contributed by atoms with Gasteiger partial charge in [0.25, 0.3) is 0 Å². The Balaban J connectivity index is 2.14. The summed E-state index contributed by atoms with van der Waals surface area (Å²) in [4.78, 5) is 4.19. The van der Waals surface area contributed by atoms with Crippen molar-refractivity contribution in [1.29, 1.82) is 0 Å². The van der Waals surface area contributed by atoms with E-state index >= 15 is 0 Å². The first-order chi connectivity index (χ1) is 10.2. The maximum atomic E-state index is 5.73. The van der Waals surface area contributed by atoms with E-state index in [2.05, 4.69) is 48.1 Å². The standard InChI is InChI=1S/C16H25N5/c1-4-14(5-2)21-9-7-13(20-21)10-16(19-17)15-11-18-8-6-12(15)3/h6-9,11,14,16,19H,4-5,10,17H2,1-3H3. The van der Waals surface area contributed by atoms with E-state index in [4.69, 9.17) is 10.9 Å². The molecular formula is C16H25N5. The number of nitrogens with one attached hydrogen (secondary N) is 1. The van der Waals surface area contributed by atoms with Crippen molar-refractivity contribution < 1.29 is 0 Å². The van der Waals surface area contributed by atoms with Gasteiger partial charge in [-0.2, -0.15) is 5.10 Å². The number of rotatable bonds is 7. The van der Waals surface area contributed by atoms with E-state index in [-0.39, 0.29) is 6.04 Å². The van der Waals surface area contributed by atoms with Crippen molar-refractivity contribution in [3.63, 3.8) is 0 Å². The molecule has 1 unspecified atom stereocenters. The fourth-order valence-corrected chi connectivity index (χ4v) is 2.66. The minimum atomic E-state index is 0.0313. The highest BCUT2D eigenvalue weighted by molar-refractivity contribution is 5.26. The largest absolute Gasteiger partial charge is 0.271 e. The molecule has 5 heteroatoms. The number of pyridine rings is 1. The lowest BCUT2D eigenvalue weighted by molar-refractivity contribution is 0.422. The second-order valence-electron chi connectivity index (χ2n) is 5.41. The molecule has 0 aromatic carbocycles. The summed E-state index contributed by atoms with van der Waals surface area (Å²) in [6.45, 7) is 6.46. The van der Waals surface area contributed by atoms with Crippen LogP contribution in [-0.2, 0) is 6.42 Å². The molecule has 0 bridgehead atoms. The van der Waals surface area contributed by atoms with Gasteiger partial charge in [0.15, 0.2) is 0 Å².